The number of aliphatic imine (C=N–C) groups is 1. The Balaban J connectivity index is 0.00000341. The highest BCUT2D eigenvalue weighted by Crippen LogP contribution is 2.13. The van der Waals surface area contributed by atoms with E-state index in [1.165, 1.54) is 22.4 Å². The predicted molar refractivity (Wildman–Crippen MR) is 137 cm³/mol. The number of ether oxygens (including phenoxy) is 1. The van der Waals surface area contributed by atoms with Gasteiger partial charge in [0, 0.05) is 51.0 Å². The van der Waals surface area contributed by atoms with Crippen LogP contribution in [-0.2, 0) is 31.4 Å². The molecular formula is C23H37IN6O. The van der Waals surface area contributed by atoms with Gasteiger partial charge in [0.1, 0.15) is 0 Å². The summed E-state index contributed by atoms with van der Waals surface area (Å²) in [5.74, 6) is 0.826. The second-order valence-corrected chi connectivity index (χ2v) is 8.06. The Morgan fingerprint density at radius 2 is 2.03 bits per heavy atom. The van der Waals surface area contributed by atoms with Gasteiger partial charge in [0.15, 0.2) is 5.96 Å². The summed E-state index contributed by atoms with van der Waals surface area (Å²) in [6.07, 6.45) is 0.312. The van der Waals surface area contributed by atoms with Crippen LogP contribution < -0.4 is 10.6 Å². The van der Waals surface area contributed by atoms with Crippen LogP contribution in [0.1, 0.15) is 41.9 Å². The smallest absolute Gasteiger partial charge is 0.191 e. The van der Waals surface area contributed by atoms with Crippen molar-refractivity contribution in [2.75, 3.05) is 26.2 Å². The van der Waals surface area contributed by atoms with Crippen molar-refractivity contribution in [3.05, 3.63) is 52.3 Å². The van der Waals surface area contributed by atoms with Crippen LogP contribution in [0.2, 0.25) is 0 Å². The molecule has 1 aromatic heterocycles. The van der Waals surface area contributed by atoms with Crippen molar-refractivity contribution >= 4 is 29.9 Å². The first-order valence-corrected chi connectivity index (χ1v) is 10.9. The van der Waals surface area contributed by atoms with E-state index in [4.69, 9.17) is 9.73 Å². The lowest BCUT2D eigenvalue weighted by atomic mass is 10.1. The summed E-state index contributed by atoms with van der Waals surface area (Å²) in [6, 6.07) is 8.74. The maximum atomic E-state index is 5.65. The highest BCUT2D eigenvalue weighted by atomic mass is 127. The van der Waals surface area contributed by atoms with Crippen molar-refractivity contribution in [2.24, 2.45) is 12.0 Å². The molecule has 7 nitrogen and oxygen atoms in total. The summed E-state index contributed by atoms with van der Waals surface area (Å²) < 4.78 is 7.58. The molecule has 2 heterocycles. The minimum atomic E-state index is 0. The Labute approximate surface area is 203 Å². The van der Waals surface area contributed by atoms with Gasteiger partial charge in [-0.25, -0.2) is 4.99 Å². The Morgan fingerprint density at radius 3 is 2.71 bits per heavy atom. The summed E-state index contributed by atoms with van der Waals surface area (Å²) in [4.78, 5) is 7.26. The fourth-order valence-electron chi connectivity index (χ4n) is 3.88. The average molecular weight is 540 g/mol. The topological polar surface area (TPSA) is 66.7 Å². The van der Waals surface area contributed by atoms with Gasteiger partial charge in [-0.3, -0.25) is 9.58 Å². The molecule has 0 radical (unpaired) electrons. The van der Waals surface area contributed by atoms with Crippen molar-refractivity contribution in [3.8, 4) is 0 Å². The van der Waals surface area contributed by atoms with Gasteiger partial charge in [0.05, 0.1) is 24.9 Å². The fourth-order valence-corrected chi connectivity index (χ4v) is 3.88. The molecular weight excluding hydrogens is 503 g/mol. The lowest BCUT2D eigenvalue weighted by Crippen LogP contribution is -2.40. The van der Waals surface area contributed by atoms with Crippen LogP contribution in [0, 0.1) is 13.8 Å². The van der Waals surface area contributed by atoms with E-state index in [1.807, 2.05) is 11.7 Å². The molecule has 0 saturated carbocycles. The molecule has 0 bridgehead atoms. The molecule has 2 N–H and O–H groups in total. The molecule has 0 spiro atoms. The van der Waals surface area contributed by atoms with Gasteiger partial charge in [-0.05, 0) is 38.8 Å². The molecule has 1 aliphatic heterocycles. The van der Waals surface area contributed by atoms with Crippen LogP contribution in [0.15, 0.2) is 29.3 Å². The second kappa shape index (κ2) is 12.4. The van der Waals surface area contributed by atoms with Crippen LogP contribution in [0.3, 0.4) is 0 Å². The van der Waals surface area contributed by atoms with Crippen molar-refractivity contribution in [1.82, 2.24) is 25.3 Å². The first-order valence-electron chi connectivity index (χ1n) is 10.9. The third-order valence-electron chi connectivity index (χ3n) is 5.58. The number of morpholine rings is 1. The molecule has 0 aliphatic carbocycles. The number of nitrogens with one attached hydrogen (secondary N) is 2. The number of halogens is 1. The lowest BCUT2D eigenvalue weighted by molar-refractivity contribution is -0.0212. The van der Waals surface area contributed by atoms with E-state index >= 15 is 0 Å². The van der Waals surface area contributed by atoms with Crippen molar-refractivity contribution in [1.29, 1.82) is 0 Å². The molecule has 1 fully saturated rings. The van der Waals surface area contributed by atoms with Crippen molar-refractivity contribution in [2.45, 2.75) is 53.4 Å². The summed E-state index contributed by atoms with van der Waals surface area (Å²) in [5.41, 5.74) is 6.02. The molecule has 1 aromatic carbocycles. The van der Waals surface area contributed by atoms with Crippen LogP contribution in [-0.4, -0.2) is 53.0 Å². The number of benzene rings is 1. The van der Waals surface area contributed by atoms with Gasteiger partial charge in [0.2, 0.25) is 0 Å². The molecule has 8 heteroatoms. The molecule has 31 heavy (non-hydrogen) atoms. The third-order valence-corrected chi connectivity index (χ3v) is 5.58. The van der Waals surface area contributed by atoms with E-state index < -0.39 is 0 Å². The number of hydrogen-bond acceptors (Lipinski definition) is 4. The lowest BCUT2D eigenvalue weighted by Gasteiger charge is -2.31. The molecule has 3 rings (SSSR count). The third kappa shape index (κ3) is 7.47. The first-order chi connectivity index (χ1) is 14.5. The number of guanidine groups is 1. The van der Waals surface area contributed by atoms with Gasteiger partial charge in [0.25, 0.3) is 0 Å². The van der Waals surface area contributed by atoms with E-state index in [2.05, 4.69) is 72.6 Å². The summed E-state index contributed by atoms with van der Waals surface area (Å²) in [6.45, 7) is 14.3. The average Bonchev–Trinajstić information content (AvgIpc) is 2.96. The highest BCUT2D eigenvalue weighted by molar-refractivity contribution is 14.0. The van der Waals surface area contributed by atoms with Gasteiger partial charge < -0.3 is 15.4 Å². The minimum Gasteiger partial charge on any atom is -0.376 e. The van der Waals surface area contributed by atoms with E-state index in [9.17, 15) is 0 Å². The Morgan fingerprint density at radius 1 is 1.26 bits per heavy atom. The number of aromatic nitrogens is 2. The fraction of sp³-hybridized carbons (Fsp3) is 0.565. The van der Waals surface area contributed by atoms with Crippen LogP contribution >= 0.6 is 24.0 Å². The standard InChI is InChI=1S/C23H36N6O.HI/c1-6-24-23(26-14-22-18(3)27-28(5)19(22)4)25-13-20-8-7-9-21(12-20)16-29-10-11-30-17(2)15-29;/h7-9,12,17H,6,10-11,13-16H2,1-5H3,(H2,24,25,26);1H. The summed E-state index contributed by atoms with van der Waals surface area (Å²) in [5, 5.41) is 11.3. The SMILES string of the molecule is CCNC(=NCc1cccc(CN2CCOC(C)C2)c1)NCc1c(C)nn(C)c1C.I. The molecule has 1 saturated heterocycles. The normalized spacial score (nSPS) is 17.3. The van der Waals surface area contributed by atoms with Crippen LogP contribution in [0.25, 0.3) is 0 Å². The van der Waals surface area contributed by atoms with Gasteiger partial charge in [-0.15, -0.1) is 24.0 Å². The molecule has 0 amide bonds. The van der Waals surface area contributed by atoms with Crippen LogP contribution in [0.5, 0.6) is 0 Å². The minimum absolute atomic E-state index is 0. The molecule has 1 aliphatic rings. The Bertz CT molecular complexity index is 866. The van der Waals surface area contributed by atoms with Crippen molar-refractivity contribution < 1.29 is 4.74 Å². The first kappa shape index (κ1) is 25.6. The maximum Gasteiger partial charge on any atom is 0.191 e. The largest absolute Gasteiger partial charge is 0.376 e. The van der Waals surface area contributed by atoms with E-state index in [0.29, 0.717) is 19.2 Å². The number of hydrogen-bond donors (Lipinski definition) is 2. The summed E-state index contributed by atoms with van der Waals surface area (Å²) in [7, 11) is 1.98. The number of rotatable bonds is 7. The molecule has 1 unspecified atom stereocenters. The van der Waals surface area contributed by atoms with E-state index in [0.717, 1.165) is 44.4 Å². The van der Waals surface area contributed by atoms with Crippen molar-refractivity contribution in [3.63, 3.8) is 0 Å². The monoisotopic (exact) mass is 540 g/mol. The number of aryl methyl sites for hydroxylation is 2. The molecule has 1 atom stereocenters. The zero-order valence-corrected chi connectivity index (χ0v) is 21.8. The van der Waals surface area contributed by atoms with Gasteiger partial charge >= 0.3 is 0 Å². The van der Waals surface area contributed by atoms with E-state index in [-0.39, 0.29) is 24.0 Å². The number of nitrogens with zero attached hydrogens (tertiary/aromatic N) is 4. The highest BCUT2D eigenvalue weighted by Gasteiger charge is 2.16. The Hall–Kier alpha value is -1.65. The van der Waals surface area contributed by atoms with E-state index in [1.54, 1.807) is 0 Å². The van der Waals surface area contributed by atoms with Crippen LogP contribution in [0.4, 0.5) is 0 Å². The molecule has 2 aromatic rings. The summed E-state index contributed by atoms with van der Waals surface area (Å²) >= 11 is 0. The zero-order chi connectivity index (χ0) is 21.5. The quantitative estimate of drug-likeness (QED) is 0.321. The maximum absolute atomic E-state index is 5.65. The zero-order valence-electron chi connectivity index (χ0n) is 19.4. The predicted octanol–water partition coefficient (Wildman–Crippen LogP) is 3.13. The second-order valence-electron chi connectivity index (χ2n) is 8.06. The Kier molecular flexibility index (Phi) is 10.2. The molecule has 172 valence electrons. The van der Waals surface area contributed by atoms with Gasteiger partial charge in [-0.2, -0.15) is 5.10 Å². The van der Waals surface area contributed by atoms with Gasteiger partial charge in [-0.1, -0.05) is 24.3 Å².